The van der Waals surface area contributed by atoms with E-state index in [1.165, 1.54) is 12.0 Å². The third kappa shape index (κ3) is 3.59. The fraction of sp³-hybridized carbons (Fsp3) is 0.258. The van der Waals surface area contributed by atoms with E-state index in [4.69, 9.17) is 21.4 Å². The number of aromatic hydroxyl groups is 1. The third-order valence-corrected chi connectivity index (χ3v) is 9.96. The van der Waals surface area contributed by atoms with Gasteiger partial charge in [-0.1, -0.05) is 36.4 Å². The van der Waals surface area contributed by atoms with E-state index in [0.717, 1.165) is 26.1 Å². The molecule has 204 valence electrons. The summed E-state index contributed by atoms with van der Waals surface area (Å²) in [4.78, 5) is 30.7. The summed E-state index contributed by atoms with van der Waals surface area (Å²) in [7, 11) is 3.26. The number of carbonyl (C=O) groups is 2. The lowest BCUT2D eigenvalue weighted by Crippen LogP contribution is -2.42. The van der Waals surface area contributed by atoms with Gasteiger partial charge in [-0.2, -0.15) is 5.10 Å². The van der Waals surface area contributed by atoms with Crippen LogP contribution in [0.1, 0.15) is 30.4 Å². The molecule has 0 unspecified atom stereocenters. The van der Waals surface area contributed by atoms with Gasteiger partial charge in [0.05, 0.1) is 23.3 Å². The fourth-order valence-corrected chi connectivity index (χ4v) is 7.71. The molecule has 2 amide bonds. The molecule has 1 fully saturated rings. The summed E-state index contributed by atoms with van der Waals surface area (Å²) < 4.78 is 8.27. The van der Waals surface area contributed by atoms with Gasteiger partial charge in [0, 0.05) is 34.3 Å². The molecule has 40 heavy (non-hydrogen) atoms. The minimum atomic E-state index is -1.18. The number of fused-ring (bicyclic) bond motifs is 2. The number of phenols is 1. The molecule has 3 heterocycles. The Kier molecular flexibility index (Phi) is 6.16. The first-order valence-corrected chi connectivity index (χ1v) is 14.1. The summed E-state index contributed by atoms with van der Waals surface area (Å²) in [6, 6.07) is 12.6. The summed E-state index contributed by atoms with van der Waals surface area (Å²) in [5.41, 5.74) is 1.77. The number of rotatable bonds is 5. The topological polar surface area (TPSA) is 84.7 Å². The minimum absolute atomic E-state index is 0.000772. The normalized spacial score (nSPS) is 22.5. The van der Waals surface area contributed by atoms with Gasteiger partial charge in [0.2, 0.25) is 11.8 Å². The number of aryl methyl sites for hydroxylation is 2. The van der Waals surface area contributed by atoms with E-state index in [1.54, 1.807) is 53.4 Å². The standard InChI is InChI=1S/C31H28ClN3O4S/c1-6-17-10-12-20-29(37)35(30(38)31(20,3)27(17)26-22(36)8-7-9-23(26)39-5)25-15-21(33-34(25)4)28-16(2)19-14-18(32)11-13-24(19)40-28/h6-11,13-15,20,27,36H,1,12H2,2-5H3/t20-,27+,31+/m0/s1. The molecule has 1 N–H and O–H groups in total. The molecule has 6 rings (SSSR count). The molecular weight excluding hydrogens is 546 g/mol. The van der Waals surface area contributed by atoms with E-state index in [9.17, 15) is 14.7 Å². The summed E-state index contributed by atoms with van der Waals surface area (Å²) in [6.45, 7) is 7.80. The highest BCUT2D eigenvalue weighted by Gasteiger charge is 2.63. The second kappa shape index (κ2) is 9.35. The third-order valence-electron chi connectivity index (χ3n) is 8.43. The quantitative estimate of drug-likeness (QED) is 0.266. The van der Waals surface area contributed by atoms with Crippen molar-refractivity contribution in [2.24, 2.45) is 18.4 Å². The first-order chi connectivity index (χ1) is 19.1. The molecule has 3 atom stereocenters. The van der Waals surface area contributed by atoms with Crippen molar-refractivity contribution < 1.29 is 19.4 Å². The van der Waals surface area contributed by atoms with Crippen molar-refractivity contribution in [3.05, 3.63) is 82.9 Å². The van der Waals surface area contributed by atoms with Crippen LogP contribution < -0.4 is 9.64 Å². The zero-order chi connectivity index (χ0) is 28.5. The van der Waals surface area contributed by atoms with Crippen molar-refractivity contribution in [1.29, 1.82) is 0 Å². The Morgan fingerprint density at radius 1 is 1.25 bits per heavy atom. The van der Waals surface area contributed by atoms with Gasteiger partial charge in [-0.15, -0.1) is 11.3 Å². The number of aromatic nitrogens is 2. The Bertz CT molecular complexity index is 1770. The highest BCUT2D eigenvalue weighted by Crippen LogP contribution is 2.59. The van der Waals surface area contributed by atoms with E-state index >= 15 is 0 Å². The number of hydrogen-bond acceptors (Lipinski definition) is 6. The molecule has 2 aromatic heterocycles. The Morgan fingerprint density at radius 2 is 2.02 bits per heavy atom. The monoisotopic (exact) mass is 573 g/mol. The molecule has 1 aliphatic carbocycles. The summed E-state index contributed by atoms with van der Waals surface area (Å²) in [5, 5.41) is 17.4. The molecule has 0 spiro atoms. The van der Waals surface area contributed by atoms with Gasteiger partial charge in [-0.05, 0) is 67.1 Å². The van der Waals surface area contributed by atoms with Crippen LogP contribution in [-0.4, -0.2) is 33.8 Å². The smallest absolute Gasteiger partial charge is 0.242 e. The number of carbonyl (C=O) groups excluding carboxylic acids is 2. The zero-order valence-electron chi connectivity index (χ0n) is 22.6. The predicted octanol–water partition coefficient (Wildman–Crippen LogP) is 6.77. The van der Waals surface area contributed by atoms with Gasteiger partial charge in [0.25, 0.3) is 0 Å². The molecule has 0 radical (unpaired) electrons. The van der Waals surface area contributed by atoms with Gasteiger partial charge in [0.1, 0.15) is 23.0 Å². The van der Waals surface area contributed by atoms with Crippen molar-refractivity contribution in [3.8, 4) is 22.1 Å². The Morgan fingerprint density at radius 3 is 2.75 bits per heavy atom. The molecule has 7 nitrogen and oxygen atoms in total. The molecule has 9 heteroatoms. The first-order valence-electron chi connectivity index (χ1n) is 12.9. The number of phenolic OH excluding ortho intramolecular Hbond substituents is 1. The van der Waals surface area contributed by atoms with Crippen LogP contribution in [0.3, 0.4) is 0 Å². The maximum absolute atomic E-state index is 14.4. The molecule has 0 bridgehead atoms. The van der Waals surface area contributed by atoms with Crippen molar-refractivity contribution in [2.75, 3.05) is 12.0 Å². The van der Waals surface area contributed by atoms with Gasteiger partial charge >= 0.3 is 0 Å². The number of halogens is 1. The Labute approximate surface area is 240 Å². The van der Waals surface area contributed by atoms with Crippen molar-refractivity contribution in [2.45, 2.75) is 26.2 Å². The van der Waals surface area contributed by atoms with E-state index in [0.29, 0.717) is 34.3 Å². The van der Waals surface area contributed by atoms with E-state index in [-0.39, 0.29) is 17.6 Å². The second-order valence-corrected chi connectivity index (χ2v) is 12.0. The van der Waals surface area contributed by atoms with E-state index < -0.39 is 17.3 Å². The van der Waals surface area contributed by atoms with Crippen LogP contribution in [0.2, 0.25) is 5.02 Å². The summed E-state index contributed by atoms with van der Waals surface area (Å²) >= 11 is 7.84. The van der Waals surface area contributed by atoms with Crippen molar-refractivity contribution in [1.82, 2.24) is 9.78 Å². The average Bonchev–Trinajstić information content (AvgIpc) is 3.53. The SMILES string of the molecule is C=CC1=CC[C@H]2C(=O)N(c3cc(-c4sc5ccc(Cl)cc5c4C)nn3C)C(=O)[C@@]2(C)[C@H]1c1c(O)cccc1OC. The lowest BCUT2D eigenvalue weighted by Gasteiger charge is -2.40. The molecular formula is C31H28ClN3O4S. The predicted molar refractivity (Wildman–Crippen MR) is 158 cm³/mol. The molecule has 2 aromatic carbocycles. The molecule has 2 aliphatic rings. The minimum Gasteiger partial charge on any atom is -0.508 e. The maximum atomic E-state index is 14.4. The maximum Gasteiger partial charge on any atom is 0.242 e. The second-order valence-electron chi connectivity index (χ2n) is 10.5. The summed E-state index contributed by atoms with van der Waals surface area (Å²) in [5.74, 6) is -1.06. The highest BCUT2D eigenvalue weighted by molar-refractivity contribution is 7.22. The van der Waals surface area contributed by atoms with E-state index in [2.05, 4.69) is 6.58 Å². The highest BCUT2D eigenvalue weighted by atomic mass is 35.5. The number of imide groups is 1. The van der Waals surface area contributed by atoms with Gasteiger partial charge in [0.15, 0.2) is 0 Å². The van der Waals surface area contributed by atoms with Crippen LogP contribution in [0, 0.1) is 18.3 Å². The number of allylic oxidation sites excluding steroid dienone is 3. The van der Waals surface area contributed by atoms with Crippen LogP contribution in [0.4, 0.5) is 5.82 Å². The number of methoxy groups -OCH3 is 1. The number of benzene rings is 2. The first kappa shape index (κ1) is 26.3. The van der Waals surface area contributed by atoms with Crippen LogP contribution in [-0.2, 0) is 16.6 Å². The zero-order valence-corrected chi connectivity index (χ0v) is 24.1. The van der Waals surface area contributed by atoms with E-state index in [1.807, 2.05) is 38.1 Å². The number of anilines is 1. The lowest BCUT2D eigenvalue weighted by molar-refractivity contribution is -0.127. The van der Waals surface area contributed by atoms with Crippen LogP contribution in [0.15, 0.2) is 66.8 Å². The van der Waals surface area contributed by atoms with Crippen LogP contribution >= 0.6 is 22.9 Å². The number of amides is 2. The molecule has 1 saturated heterocycles. The molecule has 0 saturated carbocycles. The summed E-state index contributed by atoms with van der Waals surface area (Å²) in [6.07, 6.45) is 4.01. The fourth-order valence-electron chi connectivity index (χ4n) is 6.39. The van der Waals surface area contributed by atoms with Gasteiger partial charge < -0.3 is 9.84 Å². The molecule has 4 aromatic rings. The number of hydrogen-bond donors (Lipinski definition) is 1. The largest absolute Gasteiger partial charge is 0.508 e. The van der Waals surface area contributed by atoms with Crippen LogP contribution in [0.5, 0.6) is 11.5 Å². The van der Waals surface area contributed by atoms with Crippen molar-refractivity contribution in [3.63, 3.8) is 0 Å². The van der Waals surface area contributed by atoms with Gasteiger partial charge in [-0.3, -0.25) is 14.3 Å². The number of ether oxygens (including phenoxy) is 1. The number of thiophene rings is 1. The average molecular weight is 574 g/mol. The van der Waals surface area contributed by atoms with Crippen molar-refractivity contribution >= 4 is 50.7 Å². The Hall–Kier alpha value is -3.88. The van der Waals surface area contributed by atoms with Crippen LogP contribution in [0.25, 0.3) is 20.7 Å². The number of nitrogens with zero attached hydrogens (tertiary/aromatic N) is 3. The lowest BCUT2D eigenvalue weighted by atomic mass is 9.59. The van der Waals surface area contributed by atoms with Gasteiger partial charge in [-0.25, -0.2) is 4.90 Å². The molecule has 1 aliphatic heterocycles. The Balaban J connectivity index is 1.47.